The standard InChI is InChI=1S/C37H46N4O5S/c1-24-11-9-12-25(2)33(24)30-22-32(40-35(39-30)41-47(44,45)29-14-10-13-27(21-29)34(42)43)46-31(23-38-20-19-36(3,4)5)26-15-17-28(18-16-26)37(6,7)8/h9-18,21-22,31,38H,19-20,23H2,1-8H3,(H,42,43)(H,39,40,41). The second kappa shape index (κ2) is 14.2. The molecule has 0 aliphatic rings. The third kappa shape index (κ3) is 9.62. The highest BCUT2D eigenvalue weighted by molar-refractivity contribution is 7.92. The Morgan fingerprint density at radius 2 is 1.53 bits per heavy atom. The molecule has 4 aromatic rings. The van der Waals surface area contributed by atoms with Crippen LogP contribution in [0.3, 0.4) is 0 Å². The smallest absolute Gasteiger partial charge is 0.335 e. The van der Waals surface area contributed by atoms with Crippen LogP contribution in [0.2, 0.25) is 0 Å². The minimum atomic E-state index is -4.24. The first kappa shape index (κ1) is 35.6. The SMILES string of the molecule is Cc1cccc(C)c1-c1cc(OC(CNCCC(C)(C)C)c2ccc(C(C)(C)C)cc2)nc(NS(=O)(=O)c2cccc(C(=O)O)c2)n1. The zero-order valence-corrected chi connectivity index (χ0v) is 29.3. The number of carboxylic acid groups (broad SMARTS) is 1. The molecule has 0 aliphatic heterocycles. The van der Waals surface area contributed by atoms with Crippen LogP contribution in [0.5, 0.6) is 5.88 Å². The van der Waals surface area contributed by atoms with Crippen molar-refractivity contribution in [2.75, 3.05) is 17.8 Å². The van der Waals surface area contributed by atoms with E-state index in [1.165, 1.54) is 23.8 Å². The predicted molar refractivity (Wildman–Crippen MR) is 187 cm³/mol. The number of benzene rings is 3. The molecule has 250 valence electrons. The van der Waals surface area contributed by atoms with Crippen LogP contribution in [0, 0.1) is 19.3 Å². The Bertz CT molecular complexity index is 1800. The molecule has 1 heterocycles. The van der Waals surface area contributed by atoms with Gasteiger partial charge in [-0.1, -0.05) is 90.1 Å². The molecule has 0 bridgehead atoms. The number of carboxylic acids is 1. The maximum Gasteiger partial charge on any atom is 0.335 e. The van der Waals surface area contributed by atoms with Crippen LogP contribution in [-0.4, -0.2) is 42.6 Å². The number of aromatic carboxylic acids is 1. The van der Waals surface area contributed by atoms with E-state index in [-0.39, 0.29) is 33.1 Å². The first-order valence-corrected chi connectivity index (χ1v) is 17.2. The van der Waals surface area contributed by atoms with Crippen molar-refractivity contribution in [3.63, 3.8) is 0 Å². The van der Waals surface area contributed by atoms with Crippen molar-refractivity contribution in [2.45, 2.75) is 78.2 Å². The molecule has 0 aliphatic carbocycles. The Kier molecular flexibility index (Phi) is 10.8. The van der Waals surface area contributed by atoms with Gasteiger partial charge in [-0.05, 0) is 78.1 Å². The number of aryl methyl sites for hydroxylation is 2. The fourth-order valence-corrected chi connectivity index (χ4v) is 6.11. The number of anilines is 1. The molecule has 9 nitrogen and oxygen atoms in total. The van der Waals surface area contributed by atoms with Crippen LogP contribution >= 0.6 is 0 Å². The summed E-state index contributed by atoms with van der Waals surface area (Å²) in [4.78, 5) is 20.4. The Hall–Kier alpha value is -4.28. The van der Waals surface area contributed by atoms with E-state index >= 15 is 0 Å². The van der Waals surface area contributed by atoms with Gasteiger partial charge in [0.05, 0.1) is 16.2 Å². The Morgan fingerprint density at radius 1 is 0.894 bits per heavy atom. The van der Waals surface area contributed by atoms with Gasteiger partial charge in [-0.3, -0.25) is 0 Å². The second-order valence-electron chi connectivity index (χ2n) is 14.1. The van der Waals surface area contributed by atoms with Crippen LogP contribution in [0.15, 0.2) is 77.7 Å². The molecular weight excluding hydrogens is 612 g/mol. The normalized spacial score (nSPS) is 12.9. The number of rotatable bonds is 12. The number of nitrogens with one attached hydrogen (secondary N) is 2. The molecule has 0 saturated carbocycles. The van der Waals surface area contributed by atoms with E-state index in [1.807, 2.05) is 32.0 Å². The van der Waals surface area contributed by atoms with Crippen LogP contribution < -0.4 is 14.8 Å². The van der Waals surface area contributed by atoms with Crippen molar-refractivity contribution in [3.8, 4) is 17.1 Å². The quantitative estimate of drug-likeness (QED) is 0.132. The van der Waals surface area contributed by atoms with Gasteiger partial charge in [0.15, 0.2) is 0 Å². The largest absolute Gasteiger partial charge is 0.478 e. The Labute approximate surface area is 278 Å². The highest BCUT2D eigenvalue weighted by Crippen LogP contribution is 2.32. The summed E-state index contributed by atoms with van der Waals surface area (Å²) in [7, 11) is -4.24. The predicted octanol–water partition coefficient (Wildman–Crippen LogP) is 7.70. The highest BCUT2D eigenvalue weighted by atomic mass is 32.2. The van der Waals surface area contributed by atoms with E-state index < -0.39 is 22.1 Å². The van der Waals surface area contributed by atoms with Gasteiger partial charge in [0.25, 0.3) is 10.0 Å². The van der Waals surface area contributed by atoms with E-state index in [9.17, 15) is 18.3 Å². The molecule has 47 heavy (non-hydrogen) atoms. The van der Waals surface area contributed by atoms with Gasteiger partial charge in [0.1, 0.15) is 6.10 Å². The van der Waals surface area contributed by atoms with E-state index in [4.69, 9.17) is 4.74 Å². The molecule has 0 spiro atoms. The van der Waals surface area contributed by atoms with Crippen molar-refractivity contribution in [3.05, 3.63) is 101 Å². The van der Waals surface area contributed by atoms with Crippen LogP contribution in [0.1, 0.15) is 86.7 Å². The maximum absolute atomic E-state index is 13.4. The van der Waals surface area contributed by atoms with Gasteiger partial charge in [-0.15, -0.1) is 0 Å². The molecular formula is C37H46N4O5S. The molecule has 0 saturated heterocycles. The molecule has 1 atom stereocenters. The summed E-state index contributed by atoms with van der Waals surface area (Å²) in [5.41, 5.74) is 5.38. The number of hydrogen-bond donors (Lipinski definition) is 3. The van der Waals surface area contributed by atoms with Gasteiger partial charge in [-0.2, -0.15) is 4.98 Å². The first-order valence-electron chi connectivity index (χ1n) is 15.7. The first-order chi connectivity index (χ1) is 21.9. The minimum Gasteiger partial charge on any atom is -0.478 e. The summed E-state index contributed by atoms with van der Waals surface area (Å²) in [6.45, 7) is 18.3. The molecule has 1 unspecified atom stereocenters. The van der Waals surface area contributed by atoms with Gasteiger partial charge in [-0.25, -0.2) is 22.9 Å². The summed E-state index contributed by atoms with van der Waals surface area (Å²) in [5, 5.41) is 12.9. The van der Waals surface area contributed by atoms with E-state index in [0.717, 1.165) is 41.3 Å². The highest BCUT2D eigenvalue weighted by Gasteiger charge is 2.23. The molecule has 10 heteroatoms. The number of ether oxygens (including phenoxy) is 1. The molecule has 3 N–H and O–H groups in total. The lowest BCUT2D eigenvalue weighted by molar-refractivity contribution is 0.0696. The summed E-state index contributed by atoms with van der Waals surface area (Å²) < 4.78 is 35.9. The van der Waals surface area contributed by atoms with Crippen molar-refractivity contribution in [1.82, 2.24) is 15.3 Å². The van der Waals surface area contributed by atoms with E-state index in [1.54, 1.807) is 6.07 Å². The number of aromatic nitrogens is 2. The summed E-state index contributed by atoms with van der Waals surface area (Å²) in [6, 6.07) is 21.1. The minimum absolute atomic E-state index is 0.0111. The van der Waals surface area contributed by atoms with Gasteiger partial charge < -0.3 is 15.2 Å². The lowest BCUT2D eigenvalue weighted by Gasteiger charge is -2.24. The van der Waals surface area contributed by atoms with Crippen molar-refractivity contribution >= 4 is 21.9 Å². The Balaban J connectivity index is 1.76. The average molecular weight is 659 g/mol. The maximum atomic E-state index is 13.4. The monoisotopic (exact) mass is 658 g/mol. The van der Waals surface area contributed by atoms with Gasteiger partial charge in [0.2, 0.25) is 11.8 Å². The van der Waals surface area contributed by atoms with Gasteiger partial charge >= 0.3 is 5.97 Å². The van der Waals surface area contributed by atoms with Crippen molar-refractivity contribution < 1.29 is 23.1 Å². The van der Waals surface area contributed by atoms with Crippen LogP contribution in [0.25, 0.3) is 11.3 Å². The number of nitrogens with zero attached hydrogens (tertiary/aromatic N) is 2. The number of sulfonamides is 1. The molecule has 0 fully saturated rings. The molecule has 3 aromatic carbocycles. The van der Waals surface area contributed by atoms with Gasteiger partial charge in [0, 0.05) is 18.2 Å². The van der Waals surface area contributed by atoms with E-state index in [0.29, 0.717) is 12.2 Å². The molecule has 0 amide bonds. The molecule has 1 aromatic heterocycles. The number of hydrogen-bond acceptors (Lipinski definition) is 7. The zero-order chi connectivity index (χ0) is 34.6. The van der Waals surface area contributed by atoms with Crippen molar-refractivity contribution in [1.29, 1.82) is 0 Å². The fourth-order valence-electron chi connectivity index (χ4n) is 5.12. The lowest BCUT2D eigenvalue weighted by Crippen LogP contribution is -2.28. The van der Waals surface area contributed by atoms with Crippen molar-refractivity contribution in [2.24, 2.45) is 5.41 Å². The summed E-state index contributed by atoms with van der Waals surface area (Å²) in [6.07, 6.45) is 0.531. The number of carbonyl (C=O) groups is 1. The lowest BCUT2D eigenvalue weighted by atomic mass is 9.86. The molecule has 0 radical (unpaired) electrons. The topological polar surface area (TPSA) is 131 Å². The van der Waals surface area contributed by atoms with Crippen LogP contribution in [0.4, 0.5) is 5.95 Å². The Morgan fingerprint density at radius 3 is 2.13 bits per heavy atom. The summed E-state index contributed by atoms with van der Waals surface area (Å²) >= 11 is 0. The third-order valence-corrected chi connectivity index (χ3v) is 9.18. The second-order valence-corrected chi connectivity index (χ2v) is 15.8. The molecule has 4 rings (SSSR count). The summed E-state index contributed by atoms with van der Waals surface area (Å²) in [5.74, 6) is -1.23. The van der Waals surface area contributed by atoms with E-state index in [2.05, 4.69) is 85.8 Å². The van der Waals surface area contributed by atoms with Crippen LogP contribution in [-0.2, 0) is 15.4 Å². The zero-order valence-electron chi connectivity index (χ0n) is 28.5. The third-order valence-electron chi connectivity index (χ3n) is 7.85. The average Bonchev–Trinajstić information content (AvgIpc) is 2.97. The fraction of sp³-hybridized carbons (Fsp3) is 0.378.